The number of carbonyl (C=O) groups is 1. The van der Waals surface area contributed by atoms with Gasteiger partial charge in [-0.15, -0.1) is 11.8 Å². The quantitative estimate of drug-likeness (QED) is 0.762. The van der Waals surface area contributed by atoms with Crippen molar-refractivity contribution < 1.29 is 9.53 Å². The second-order valence-corrected chi connectivity index (χ2v) is 5.27. The number of nitriles is 1. The molecule has 1 heterocycles. The molecule has 0 radical (unpaired) electrons. The van der Waals surface area contributed by atoms with Gasteiger partial charge in [0, 0.05) is 11.3 Å². The fraction of sp³-hybridized carbons (Fsp3) is 0.455. The fourth-order valence-electron chi connectivity index (χ4n) is 0.980. The van der Waals surface area contributed by atoms with E-state index in [1.807, 2.05) is 20.8 Å². The van der Waals surface area contributed by atoms with E-state index in [-0.39, 0.29) is 0 Å². The van der Waals surface area contributed by atoms with E-state index in [1.54, 1.807) is 12.2 Å². The van der Waals surface area contributed by atoms with E-state index in [0.717, 1.165) is 0 Å². The minimum absolute atomic E-state index is 0.472. The third-order valence-electron chi connectivity index (χ3n) is 1.59. The third kappa shape index (κ3) is 4.41. The van der Waals surface area contributed by atoms with Gasteiger partial charge < -0.3 is 4.74 Å². The normalized spacial score (nSPS) is 15.6. The number of ether oxygens (including phenoxy) is 1. The summed E-state index contributed by atoms with van der Waals surface area (Å²) in [4.78, 5) is 11.4. The van der Waals surface area contributed by atoms with Crippen LogP contribution in [0.25, 0.3) is 0 Å². The molecular weight excluding hydrogens is 224 g/mol. The van der Waals surface area contributed by atoms with Gasteiger partial charge in [-0.2, -0.15) is 5.26 Å². The van der Waals surface area contributed by atoms with Crippen LogP contribution in [-0.2, 0) is 4.74 Å². The Morgan fingerprint density at radius 3 is 2.69 bits per heavy atom. The molecule has 16 heavy (non-hydrogen) atoms. The SMILES string of the molecule is CC(C)(C)OC(=O)NC1=CC=C(C#N)CS1. The lowest BCUT2D eigenvalue weighted by Gasteiger charge is -2.20. The monoisotopic (exact) mass is 238 g/mol. The first kappa shape index (κ1) is 12.7. The molecule has 1 rings (SSSR count). The van der Waals surface area contributed by atoms with E-state index in [1.165, 1.54) is 11.8 Å². The van der Waals surface area contributed by atoms with E-state index in [4.69, 9.17) is 10.00 Å². The maximum Gasteiger partial charge on any atom is 0.412 e. The predicted octanol–water partition coefficient (Wildman–Crippen LogP) is 2.55. The Labute approximate surface area is 99.3 Å². The Balaban J connectivity index is 2.51. The van der Waals surface area contributed by atoms with Gasteiger partial charge in [-0.3, -0.25) is 5.32 Å². The molecule has 5 heteroatoms. The Hall–Kier alpha value is -1.41. The maximum atomic E-state index is 11.4. The molecule has 0 aromatic heterocycles. The van der Waals surface area contributed by atoms with Crippen LogP contribution in [0.2, 0.25) is 0 Å². The maximum absolute atomic E-state index is 11.4. The van der Waals surface area contributed by atoms with E-state index in [2.05, 4.69) is 11.4 Å². The molecule has 86 valence electrons. The lowest BCUT2D eigenvalue weighted by molar-refractivity contribution is 0.0550. The summed E-state index contributed by atoms with van der Waals surface area (Å²) < 4.78 is 5.10. The lowest BCUT2D eigenvalue weighted by atomic mass is 10.2. The standard InChI is InChI=1S/C11H14N2O2S/c1-11(2,3)15-10(14)13-9-5-4-8(6-12)7-16-9/h4-5H,7H2,1-3H3,(H,13,14). The van der Waals surface area contributed by atoms with Crippen molar-refractivity contribution in [2.45, 2.75) is 26.4 Å². The van der Waals surface area contributed by atoms with Crippen LogP contribution in [0.1, 0.15) is 20.8 Å². The minimum Gasteiger partial charge on any atom is -0.444 e. The van der Waals surface area contributed by atoms with Crippen molar-refractivity contribution in [3.8, 4) is 6.07 Å². The zero-order valence-electron chi connectivity index (χ0n) is 9.53. The van der Waals surface area contributed by atoms with Gasteiger partial charge in [-0.05, 0) is 32.9 Å². The number of thioether (sulfide) groups is 1. The molecule has 0 bridgehead atoms. The molecule has 0 atom stereocenters. The van der Waals surface area contributed by atoms with E-state index < -0.39 is 11.7 Å². The summed E-state index contributed by atoms with van der Waals surface area (Å²) in [6.45, 7) is 5.42. The molecule has 4 nitrogen and oxygen atoms in total. The topological polar surface area (TPSA) is 62.1 Å². The molecule has 1 amide bonds. The van der Waals surface area contributed by atoms with Crippen LogP contribution >= 0.6 is 11.8 Å². The summed E-state index contributed by atoms with van der Waals surface area (Å²) in [5, 5.41) is 12.0. The Morgan fingerprint density at radius 2 is 2.25 bits per heavy atom. The zero-order chi connectivity index (χ0) is 12.2. The molecule has 0 saturated carbocycles. The van der Waals surface area contributed by atoms with Crippen molar-refractivity contribution in [1.82, 2.24) is 5.32 Å². The van der Waals surface area contributed by atoms with Gasteiger partial charge in [0.2, 0.25) is 0 Å². The van der Waals surface area contributed by atoms with E-state index in [0.29, 0.717) is 16.4 Å². The highest BCUT2D eigenvalue weighted by atomic mass is 32.2. The number of allylic oxidation sites excluding steroid dienone is 2. The number of hydrogen-bond acceptors (Lipinski definition) is 4. The van der Waals surface area contributed by atoms with Crippen LogP contribution in [0, 0.1) is 11.3 Å². The van der Waals surface area contributed by atoms with Crippen molar-refractivity contribution in [1.29, 1.82) is 5.26 Å². The molecule has 0 aliphatic carbocycles. The molecule has 0 fully saturated rings. The fourth-order valence-corrected chi connectivity index (χ4v) is 1.77. The molecule has 0 aromatic carbocycles. The largest absolute Gasteiger partial charge is 0.444 e. The highest BCUT2D eigenvalue weighted by molar-refractivity contribution is 8.03. The first-order valence-corrected chi connectivity index (χ1v) is 5.83. The number of alkyl carbamates (subject to hydrolysis) is 1. The molecule has 1 aliphatic heterocycles. The highest BCUT2D eigenvalue weighted by Crippen LogP contribution is 2.21. The lowest BCUT2D eigenvalue weighted by Crippen LogP contribution is -2.31. The number of rotatable bonds is 1. The molecule has 0 unspecified atom stereocenters. The highest BCUT2D eigenvalue weighted by Gasteiger charge is 2.17. The van der Waals surface area contributed by atoms with Gasteiger partial charge in [0.05, 0.1) is 11.1 Å². The van der Waals surface area contributed by atoms with Gasteiger partial charge in [0.1, 0.15) is 5.60 Å². The number of nitrogens with zero attached hydrogens (tertiary/aromatic N) is 1. The van der Waals surface area contributed by atoms with Gasteiger partial charge >= 0.3 is 6.09 Å². The van der Waals surface area contributed by atoms with Crippen molar-refractivity contribution in [2.24, 2.45) is 0 Å². The smallest absolute Gasteiger partial charge is 0.412 e. The summed E-state index contributed by atoms with van der Waals surface area (Å²) in [7, 11) is 0. The molecule has 1 N–H and O–H groups in total. The summed E-state index contributed by atoms with van der Waals surface area (Å²) in [5.74, 6) is 0.581. The van der Waals surface area contributed by atoms with Gasteiger partial charge in [-0.25, -0.2) is 4.79 Å². The Bertz CT molecular complexity index is 386. The van der Waals surface area contributed by atoms with Gasteiger partial charge in [-0.1, -0.05) is 0 Å². The number of amides is 1. The Kier molecular flexibility index (Phi) is 4.02. The van der Waals surface area contributed by atoms with Gasteiger partial charge in [0.15, 0.2) is 0 Å². The molecule has 0 aromatic rings. The second kappa shape index (κ2) is 5.08. The molecule has 1 aliphatic rings. The van der Waals surface area contributed by atoms with E-state index >= 15 is 0 Å². The van der Waals surface area contributed by atoms with Crippen LogP contribution in [0.4, 0.5) is 4.79 Å². The third-order valence-corrected chi connectivity index (χ3v) is 2.59. The van der Waals surface area contributed by atoms with Crippen molar-refractivity contribution in [3.05, 3.63) is 22.8 Å². The number of carbonyl (C=O) groups excluding carboxylic acids is 1. The number of nitrogens with one attached hydrogen (secondary N) is 1. The van der Waals surface area contributed by atoms with Crippen LogP contribution in [0.5, 0.6) is 0 Å². The van der Waals surface area contributed by atoms with Crippen molar-refractivity contribution >= 4 is 17.9 Å². The van der Waals surface area contributed by atoms with Crippen LogP contribution in [-0.4, -0.2) is 17.4 Å². The molecule has 0 saturated heterocycles. The van der Waals surface area contributed by atoms with Gasteiger partial charge in [0.25, 0.3) is 0 Å². The molecular formula is C11H14N2O2S. The van der Waals surface area contributed by atoms with E-state index in [9.17, 15) is 4.79 Å². The Morgan fingerprint density at radius 1 is 1.56 bits per heavy atom. The second-order valence-electron chi connectivity index (χ2n) is 4.25. The average Bonchev–Trinajstić information content (AvgIpc) is 2.16. The summed E-state index contributed by atoms with van der Waals surface area (Å²) in [5.41, 5.74) is 0.192. The number of hydrogen-bond donors (Lipinski definition) is 1. The van der Waals surface area contributed by atoms with Crippen LogP contribution in [0.15, 0.2) is 22.8 Å². The van der Waals surface area contributed by atoms with Crippen molar-refractivity contribution in [3.63, 3.8) is 0 Å². The van der Waals surface area contributed by atoms with Crippen molar-refractivity contribution in [2.75, 3.05) is 5.75 Å². The molecule has 0 spiro atoms. The first-order valence-electron chi connectivity index (χ1n) is 4.84. The zero-order valence-corrected chi connectivity index (χ0v) is 10.4. The van der Waals surface area contributed by atoms with Crippen LogP contribution < -0.4 is 5.32 Å². The summed E-state index contributed by atoms with van der Waals surface area (Å²) in [6, 6.07) is 2.07. The average molecular weight is 238 g/mol. The van der Waals surface area contributed by atoms with Crippen LogP contribution in [0.3, 0.4) is 0 Å². The summed E-state index contributed by atoms with van der Waals surface area (Å²) >= 11 is 1.41. The minimum atomic E-state index is -0.502. The first-order chi connectivity index (χ1) is 7.40. The predicted molar refractivity (Wildman–Crippen MR) is 63.6 cm³/mol. The summed E-state index contributed by atoms with van der Waals surface area (Å²) in [6.07, 6.45) is 2.93.